The van der Waals surface area contributed by atoms with Gasteiger partial charge in [-0.05, 0) is 32.6 Å². The first-order valence-electron chi connectivity index (χ1n) is 10.1. The molecule has 32 heavy (non-hydrogen) atoms. The first-order chi connectivity index (χ1) is 15.0. The largest absolute Gasteiger partial charge is 0.500 e. The zero-order chi connectivity index (χ0) is 25.2. The van der Waals surface area contributed by atoms with Crippen LogP contribution in [0.2, 0.25) is 12.1 Å². The van der Waals surface area contributed by atoms with Crippen molar-refractivity contribution in [3.63, 3.8) is 0 Å². The Bertz CT molecular complexity index is 508. The number of carboxylic acid groups (broad SMARTS) is 1. The van der Waals surface area contributed by atoms with Gasteiger partial charge in [0.05, 0.1) is 6.61 Å². The van der Waals surface area contributed by atoms with Crippen LogP contribution in [-0.2, 0) is 40.9 Å². The van der Waals surface area contributed by atoms with Crippen LogP contribution < -0.4 is 0 Å². The summed E-state index contributed by atoms with van der Waals surface area (Å²) in [7, 11) is 4.33. The molecular weight excluding hydrogens is 456 g/mol. The van der Waals surface area contributed by atoms with Gasteiger partial charge in [0.15, 0.2) is 0 Å². The summed E-state index contributed by atoms with van der Waals surface area (Å²) in [6.45, 7) is 8.89. The summed E-state index contributed by atoms with van der Waals surface area (Å²) < 4.78 is 36.4. The lowest BCUT2D eigenvalue weighted by Gasteiger charge is -2.24. The van der Waals surface area contributed by atoms with Gasteiger partial charge in [0.1, 0.15) is 0 Å². The highest BCUT2D eigenvalue weighted by Gasteiger charge is 2.37. The summed E-state index contributed by atoms with van der Waals surface area (Å²) >= 11 is 0. The summed E-state index contributed by atoms with van der Waals surface area (Å²) in [5.41, 5.74) is 0.633. The molecule has 0 fully saturated rings. The normalized spacial score (nSPS) is 11.3. The maximum Gasteiger partial charge on any atom is 0.500 e. The molecule has 1 N–H and O–H groups in total. The summed E-state index contributed by atoms with van der Waals surface area (Å²) in [5.74, 6) is -1.31. The van der Waals surface area contributed by atoms with Crippen molar-refractivity contribution < 1.29 is 46.0 Å². The van der Waals surface area contributed by atoms with E-state index in [9.17, 15) is 9.59 Å². The number of unbranched alkanes of at least 4 members (excludes halogenated alkanes) is 1. The van der Waals surface area contributed by atoms with Crippen LogP contribution in [0.15, 0.2) is 24.3 Å². The Kier molecular flexibility index (Phi) is 18.5. The van der Waals surface area contributed by atoms with Gasteiger partial charge in [0.25, 0.3) is 0 Å². The third kappa shape index (κ3) is 13.2. The Morgan fingerprint density at radius 1 is 0.750 bits per heavy atom. The van der Waals surface area contributed by atoms with E-state index in [0.717, 1.165) is 12.8 Å². The number of aliphatic carboxylic acids is 1. The lowest BCUT2D eigenvalue weighted by molar-refractivity contribution is -0.139. The lowest BCUT2D eigenvalue weighted by atomic mass is 10.1. The number of carbonyl (C=O) groups excluding carboxylic acids is 1. The predicted octanol–water partition coefficient (Wildman–Crippen LogP) is 3.05. The predicted molar refractivity (Wildman–Crippen MR) is 124 cm³/mol. The summed E-state index contributed by atoms with van der Waals surface area (Å²) in [6.07, 6.45) is 2.67. The molecule has 0 saturated carbocycles. The van der Waals surface area contributed by atoms with E-state index in [2.05, 4.69) is 13.2 Å². The molecule has 0 rings (SSSR count). The van der Waals surface area contributed by atoms with Crippen LogP contribution in [0.3, 0.4) is 0 Å². The third-order valence-corrected chi connectivity index (χ3v) is 10.3. The zero-order valence-electron chi connectivity index (χ0n) is 20.5. The van der Waals surface area contributed by atoms with Crippen LogP contribution in [0.25, 0.3) is 0 Å². The molecule has 0 aliphatic carbocycles. The summed E-state index contributed by atoms with van der Waals surface area (Å²) in [5, 5.41) is 8.61. The topological polar surface area (TPSA) is 119 Å². The van der Waals surface area contributed by atoms with Crippen molar-refractivity contribution in [1.82, 2.24) is 0 Å². The van der Waals surface area contributed by atoms with Gasteiger partial charge in [-0.15, -0.1) is 0 Å². The number of hydrogen-bond acceptors (Lipinski definition) is 9. The smallest absolute Gasteiger partial charge is 0.478 e. The van der Waals surface area contributed by atoms with Gasteiger partial charge in [-0.1, -0.05) is 13.2 Å². The van der Waals surface area contributed by atoms with E-state index in [4.69, 9.17) is 36.4 Å². The summed E-state index contributed by atoms with van der Waals surface area (Å²) in [4.78, 5) is 21.6. The molecule has 10 nitrogen and oxygen atoms in total. The van der Waals surface area contributed by atoms with Crippen molar-refractivity contribution in [3.05, 3.63) is 24.3 Å². The third-order valence-electron chi connectivity index (χ3n) is 4.59. The maximum absolute atomic E-state index is 11.1. The number of carboxylic acids is 1. The van der Waals surface area contributed by atoms with Crippen molar-refractivity contribution in [1.29, 1.82) is 0 Å². The molecule has 188 valence electrons. The van der Waals surface area contributed by atoms with E-state index < -0.39 is 23.6 Å². The monoisotopic (exact) mass is 496 g/mol. The summed E-state index contributed by atoms with van der Waals surface area (Å²) in [6, 6.07) is 1.30. The van der Waals surface area contributed by atoms with Gasteiger partial charge >= 0.3 is 29.5 Å². The minimum Gasteiger partial charge on any atom is -0.478 e. The number of ether oxygens (including phenoxy) is 1. The Morgan fingerprint density at radius 2 is 1.16 bits per heavy atom. The SMILES string of the molecule is C=C(C)C(=O)OCCC[Si](OC)(OC)OC.C=C(CCCC[Si](OC)(OC)OC)C(=O)O. The minimum absolute atomic E-state index is 0.236. The van der Waals surface area contributed by atoms with Gasteiger partial charge in [-0.2, -0.15) is 0 Å². The van der Waals surface area contributed by atoms with Crippen molar-refractivity contribution >= 4 is 29.5 Å². The fraction of sp³-hybridized carbons (Fsp3) is 0.700. The first kappa shape index (κ1) is 32.8. The molecule has 0 bridgehead atoms. The lowest BCUT2D eigenvalue weighted by Crippen LogP contribution is -2.42. The molecule has 0 heterocycles. The van der Waals surface area contributed by atoms with Gasteiger partial charge in [0, 0.05) is 65.9 Å². The van der Waals surface area contributed by atoms with Crippen molar-refractivity contribution in [2.45, 2.75) is 44.7 Å². The Hall–Kier alpha value is -1.39. The van der Waals surface area contributed by atoms with Crippen molar-refractivity contribution in [2.24, 2.45) is 0 Å². The van der Waals surface area contributed by atoms with E-state index in [1.54, 1.807) is 49.6 Å². The second-order valence-corrected chi connectivity index (χ2v) is 12.9. The number of rotatable bonds is 17. The molecule has 0 aromatic carbocycles. The van der Waals surface area contributed by atoms with Crippen LogP contribution in [0.4, 0.5) is 0 Å². The number of esters is 1. The molecule has 0 amide bonds. The average Bonchev–Trinajstić information content (AvgIpc) is 2.80. The second kappa shape index (κ2) is 18.1. The molecule has 0 aromatic rings. The zero-order valence-corrected chi connectivity index (χ0v) is 22.5. The fourth-order valence-corrected chi connectivity index (χ4v) is 5.96. The fourth-order valence-electron chi connectivity index (χ4n) is 2.48. The molecule has 0 spiro atoms. The highest BCUT2D eigenvalue weighted by Crippen LogP contribution is 2.18. The van der Waals surface area contributed by atoms with Crippen molar-refractivity contribution in [2.75, 3.05) is 49.3 Å². The van der Waals surface area contributed by atoms with Gasteiger partial charge < -0.3 is 36.4 Å². The van der Waals surface area contributed by atoms with Crippen LogP contribution in [-0.4, -0.2) is 83.9 Å². The number of hydrogen-bond donors (Lipinski definition) is 1. The van der Waals surface area contributed by atoms with E-state index >= 15 is 0 Å². The Balaban J connectivity index is 0. The molecule has 0 saturated heterocycles. The van der Waals surface area contributed by atoms with Gasteiger partial charge in [-0.25, -0.2) is 9.59 Å². The van der Waals surface area contributed by atoms with E-state index in [1.165, 1.54) is 0 Å². The molecular formula is C20H40O10Si2. The molecule has 0 aliphatic rings. The van der Waals surface area contributed by atoms with Gasteiger partial charge in [-0.3, -0.25) is 0 Å². The average molecular weight is 497 g/mol. The van der Waals surface area contributed by atoms with Gasteiger partial charge in [0.2, 0.25) is 0 Å². The molecule has 0 atom stereocenters. The highest BCUT2D eigenvalue weighted by molar-refractivity contribution is 6.60. The first-order valence-corrected chi connectivity index (χ1v) is 13.9. The molecule has 12 heteroatoms. The van der Waals surface area contributed by atoms with Crippen LogP contribution in [0, 0.1) is 0 Å². The maximum atomic E-state index is 11.1. The van der Waals surface area contributed by atoms with Crippen molar-refractivity contribution in [3.8, 4) is 0 Å². The standard InChI is InChI=1S/2C10H20O5Si/c1-9(2)10(11)15-7-6-8-16(12-3,13-4)14-5;1-9(10(11)12)7-5-6-8-16(13-2,14-3)15-4/h1,6-8H2,2-5H3;1,5-8H2,2-4H3,(H,11,12). The minimum atomic E-state index is -2.53. The Morgan fingerprint density at radius 3 is 1.50 bits per heavy atom. The van der Waals surface area contributed by atoms with E-state index in [-0.39, 0.29) is 11.5 Å². The molecule has 0 unspecified atom stereocenters. The van der Waals surface area contributed by atoms with Crippen LogP contribution >= 0.6 is 0 Å². The Labute approximate surface area is 194 Å². The van der Waals surface area contributed by atoms with Crippen LogP contribution in [0.1, 0.15) is 32.6 Å². The molecule has 0 aliphatic heterocycles. The molecule has 0 radical (unpaired) electrons. The highest BCUT2D eigenvalue weighted by atomic mass is 28.4. The second-order valence-electron chi connectivity index (χ2n) is 6.73. The van der Waals surface area contributed by atoms with Crippen LogP contribution in [0.5, 0.6) is 0 Å². The number of carbonyl (C=O) groups is 2. The van der Waals surface area contributed by atoms with E-state index in [0.29, 0.717) is 37.1 Å². The molecule has 0 aromatic heterocycles. The quantitative estimate of drug-likeness (QED) is 0.139. The van der Waals surface area contributed by atoms with E-state index in [1.807, 2.05) is 0 Å².